The maximum atomic E-state index is 11.4. The van der Waals surface area contributed by atoms with Crippen LogP contribution in [0.4, 0.5) is 0 Å². The van der Waals surface area contributed by atoms with Gasteiger partial charge >= 0.3 is 5.69 Å². The van der Waals surface area contributed by atoms with E-state index in [4.69, 9.17) is 0 Å². The molecular formula is C7H6N2O2S. The van der Waals surface area contributed by atoms with Crippen LogP contribution in [0.25, 0.3) is 10.2 Å². The molecule has 5 heteroatoms. The van der Waals surface area contributed by atoms with Crippen molar-refractivity contribution in [2.45, 2.75) is 0 Å². The Morgan fingerprint density at radius 1 is 1.50 bits per heavy atom. The van der Waals surface area contributed by atoms with Crippen LogP contribution in [-0.2, 0) is 7.05 Å². The number of H-pyrrole nitrogens is 1. The Labute approximate surface area is 71.1 Å². The predicted molar refractivity (Wildman–Crippen MR) is 47.7 cm³/mol. The molecule has 0 unspecified atom stereocenters. The molecule has 2 aromatic rings. The van der Waals surface area contributed by atoms with Crippen LogP contribution in [0, 0.1) is 0 Å². The Hall–Kier alpha value is -1.36. The highest BCUT2D eigenvalue weighted by Gasteiger charge is 2.03. The van der Waals surface area contributed by atoms with Crippen molar-refractivity contribution in [1.82, 2.24) is 9.55 Å². The third kappa shape index (κ3) is 0.831. The zero-order valence-electron chi connectivity index (χ0n) is 6.33. The van der Waals surface area contributed by atoms with E-state index in [-0.39, 0.29) is 11.2 Å². The lowest BCUT2D eigenvalue weighted by molar-refractivity contribution is 0.796. The highest BCUT2D eigenvalue weighted by Crippen LogP contribution is 2.11. The second-order valence-electron chi connectivity index (χ2n) is 2.46. The van der Waals surface area contributed by atoms with Crippen molar-refractivity contribution < 1.29 is 0 Å². The molecule has 4 nitrogen and oxygen atoms in total. The number of aromatic amines is 1. The zero-order chi connectivity index (χ0) is 8.72. The van der Waals surface area contributed by atoms with Crippen LogP contribution in [0.2, 0.25) is 0 Å². The van der Waals surface area contributed by atoms with E-state index in [1.165, 1.54) is 18.4 Å². The molecule has 0 radical (unpaired) electrons. The van der Waals surface area contributed by atoms with Crippen LogP contribution >= 0.6 is 11.3 Å². The molecule has 0 amide bonds. The van der Waals surface area contributed by atoms with E-state index in [1.807, 2.05) is 0 Å². The van der Waals surface area contributed by atoms with Gasteiger partial charge in [-0.1, -0.05) is 0 Å². The molecule has 0 aliphatic heterocycles. The molecule has 0 fully saturated rings. The van der Waals surface area contributed by atoms with E-state index >= 15 is 0 Å². The van der Waals surface area contributed by atoms with E-state index in [2.05, 4.69) is 4.98 Å². The maximum Gasteiger partial charge on any atom is 0.329 e. The van der Waals surface area contributed by atoms with E-state index in [9.17, 15) is 9.59 Å². The lowest BCUT2D eigenvalue weighted by Crippen LogP contribution is -2.31. The summed E-state index contributed by atoms with van der Waals surface area (Å²) in [6.07, 6.45) is 0. The van der Waals surface area contributed by atoms with Crippen LogP contribution in [0.15, 0.2) is 21.0 Å². The molecule has 0 aliphatic rings. The first-order chi connectivity index (χ1) is 5.70. The van der Waals surface area contributed by atoms with E-state index in [0.717, 1.165) is 4.57 Å². The summed E-state index contributed by atoms with van der Waals surface area (Å²) < 4.78 is 1.06. The quantitative estimate of drug-likeness (QED) is 0.636. The Morgan fingerprint density at radius 3 is 3.00 bits per heavy atom. The summed E-state index contributed by atoms with van der Waals surface area (Å²) in [6.45, 7) is 0. The fourth-order valence-electron chi connectivity index (χ4n) is 1.03. The minimum absolute atomic E-state index is 0.241. The smallest absolute Gasteiger partial charge is 0.298 e. The van der Waals surface area contributed by atoms with Gasteiger partial charge in [0.05, 0.1) is 5.39 Å². The highest BCUT2D eigenvalue weighted by atomic mass is 32.1. The maximum absolute atomic E-state index is 11.4. The van der Waals surface area contributed by atoms with Gasteiger partial charge in [0.15, 0.2) is 0 Å². The average molecular weight is 182 g/mol. The average Bonchev–Trinajstić information content (AvgIpc) is 2.48. The number of aromatic nitrogens is 2. The molecule has 62 valence electrons. The van der Waals surface area contributed by atoms with Gasteiger partial charge in [0, 0.05) is 7.05 Å². The summed E-state index contributed by atoms with van der Waals surface area (Å²) in [6, 6.07) is 1.71. The van der Waals surface area contributed by atoms with Crippen molar-refractivity contribution in [2.24, 2.45) is 7.05 Å². The molecule has 0 spiro atoms. The summed E-state index contributed by atoms with van der Waals surface area (Å²) >= 11 is 1.36. The van der Waals surface area contributed by atoms with Crippen LogP contribution in [0.3, 0.4) is 0 Å². The van der Waals surface area contributed by atoms with E-state index < -0.39 is 0 Å². The normalized spacial score (nSPS) is 10.8. The first-order valence-corrected chi connectivity index (χ1v) is 4.24. The summed E-state index contributed by atoms with van der Waals surface area (Å²) in [7, 11) is 1.46. The number of nitrogens with one attached hydrogen (secondary N) is 1. The van der Waals surface area contributed by atoms with Gasteiger partial charge in [-0.25, -0.2) is 4.79 Å². The van der Waals surface area contributed by atoms with Gasteiger partial charge in [-0.05, 0) is 11.4 Å². The fraction of sp³-hybridized carbons (Fsp3) is 0.143. The van der Waals surface area contributed by atoms with Crippen LogP contribution < -0.4 is 11.2 Å². The molecule has 0 aliphatic carbocycles. The van der Waals surface area contributed by atoms with Gasteiger partial charge in [0.2, 0.25) is 0 Å². The monoisotopic (exact) mass is 182 g/mol. The SMILES string of the molecule is Cn1c(=O)[nH]c2sccc2c1=O. The standard InChI is InChI=1S/C7H6N2O2S/c1-9-6(10)4-2-3-12-5(4)8-7(9)11/h2-3H,1H3,(H,8,11). The minimum atomic E-state index is -0.366. The van der Waals surface area contributed by atoms with Crippen molar-refractivity contribution in [3.63, 3.8) is 0 Å². The van der Waals surface area contributed by atoms with Crippen molar-refractivity contribution in [3.05, 3.63) is 32.3 Å². The second-order valence-corrected chi connectivity index (χ2v) is 3.37. The summed E-state index contributed by atoms with van der Waals surface area (Å²) in [5, 5.41) is 2.35. The summed E-state index contributed by atoms with van der Waals surface area (Å²) in [5.41, 5.74) is -0.607. The van der Waals surface area contributed by atoms with Crippen LogP contribution in [-0.4, -0.2) is 9.55 Å². The first-order valence-electron chi connectivity index (χ1n) is 3.36. The number of hydrogen-bond donors (Lipinski definition) is 1. The molecule has 2 aromatic heterocycles. The van der Waals surface area contributed by atoms with Gasteiger partial charge in [0.1, 0.15) is 4.83 Å². The Morgan fingerprint density at radius 2 is 2.25 bits per heavy atom. The predicted octanol–water partition coefficient (Wildman–Crippen LogP) is 0.288. The first kappa shape index (κ1) is 7.30. The van der Waals surface area contributed by atoms with Crippen molar-refractivity contribution in [3.8, 4) is 0 Å². The molecule has 0 saturated heterocycles. The number of hydrogen-bond acceptors (Lipinski definition) is 3. The topological polar surface area (TPSA) is 54.9 Å². The molecule has 2 heterocycles. The molecule has 0 saturated carbocycles. The van der Waals surface area contributed by atoms with Gasteiger partial charge in [0.25, 0.3) is 5.56 Å². The third-order valence-corrected chi connectivity index (χ3v) is 2.56. The van der Waals surface area contributed by atoms with Crippen molar-refractivity contribution in [2.75, 3.05) is 0 Å². The second kappa shape index (κ2) is 2.31. The number of thiophene rings is 1. The molecule has 1 N–H and O–H groups in total. The molecular weight excluding hydrogens is 176 g/mol. The lowest BCUT2D eigenvalue weighted by Gasteiger charge is -1.93. The molecule has 0 atom stereocenters. The van der Waals surface area contributed by atoms with Gasteiger partial charge < -0.3 is 0 Å². The Bertz CT molecular complexity index is 534. The number of rotatable bonds is 0. The van der Waals surface area contributed by atoms with Crippen LogP contribution in [0.5, 0.6) is 0 Å². The van der Waals surface area contributed by atoms with Crippen LogP contribution in [0.1, 0.15) is 0 Å². The number of nitrogens with zero attached hydrogens (tertiary/aromatic N) is 1. The summed E-state index contributed by atoms with van der Waals surface area (Å²) in [5.74, 6) is 0. The van der Waals surface area contributed by atoms with E-state index in [0.29, 0.717) is 10.2 Å². The molecule has 2 rings (SSSR count). The Kier molecular flexibility index (Phi) is 1.41. The fourth-order valence-corrected chi connectivity index (χ4v) is 1.80. The summed E-state index contributed by atoms with van der Waals surface area (Å²) in [4.78, 5) is 25.7. The molecule has 0 bridgehead atoms. The lowest BCUT2D eigenvalue weighted by atomic mass is 10.4. The van der Waals surface area contributed by atoms with Gasteiger partial charge in [-0.3, -0.25) is 14.3 Å². The zero-order valence-corrected chi connectivity index (χ0v) is 7.14. The minimum Gasteiger partial charge on any atom is -0.298 e. The largest absolute Gasteiger partial charge is 0.329 e. The van der Waals surface area contributed by atoms with Gasteiger partial charge in [-0.2, -0.15) is 0 Å². The third-order valence-electron chi connectivity index (χ3n) is 1.73. The van der Waals surface area contributed by atoms with E-state index in [1.54, 1.807) is 11.4 Å². The number of fused-ring (bicyclic) bond motifs is 1. The van der Waals surface area contributed by atoms with Crippen molar-refractivity contribution >= 4 is 21.6 Å². The van der Waals surface area contributed by atoms with Crippen molar-refractivity contribution in [1.29, 1.82) is 0 Å². The highest BCUT2D eigenvalue weighted by molar-refractivity contribution is 7.16. The molecule has 12 heavy (non-hydrogen) atoms. The Balaban J connectivity index is 3.16. The van der Waals surface area contributed by atoms with Gasteiger partial charge in [-0.15, -0.1) is 11.3 Å². The molecule has 0 aromatic carbocycles.